The zero-order valence-corrected chi connectivity index (χ0v) is 16.1. The Hall–Kier alpha value is -2.73. The van der Waals surface area contributed by atoms with Crippen LogP contribution in [0.3, 0.4) is 0 Å². The molecule has 1 aliphatic heterocycles. The summed E-state index contributed by atoms with van der Waals surface area (Å²) in [4.78, 5) is 12.1. The number of fused-ring (bicyclic) bond motifs is 1. The molecule has 3 aromatic rings. The number of ether oxygens (including phenoxy) is 1. The number of carbonyl (C=O) groups is 1. The molecule has 2 heterocycles. The van der Waals surface area contributed by atoms with Gasteiger partial charge >= 0.3 is 0 Å². The van der Waals surface area contributed by atoms with Gasteiger partial charge in [-0.15, -0.1) is 11.8 Å². The first-order chi connectivity index (χ1) is 13.1. The molecule has 0 radical (unpaired) electrons. The molecule has 6 heteroatoms. The number of rotatable bonds is 4. The van der Waals surface area contributed by atoms with E-state index >= 15 is 0 Å². The molecule has 2 aromatic carbocycles. The number of hydrogen-bond acceptors (Lipinski definition) is 4. The van der Waals surface area contributed by atoms with Gasteiger partial charge in [-0.3, -0.25) is 9.48 Å². The highest BCUT2D eigenvalue weighted by atomic mass is 32.2. The summed E-state index contributed by atoms with van der Waals surface area (Å²) in [6.07, 6.45) is 1.83. The number of aryl methyl sites for hydroxylation is 2. The van der Waals surface area contributed by atoms with Crippen LogP contribution in [0.15, 0.2) is 54.7 Å². The fraction of sp³-hybridized carbons (Fsp3) is 0.238. The van der Waals surface area contributed by atoms with Crippen molar-refractivity contribution in [3.63, 3.8) is 0 Å². The van der Waals surface area contributed by atoms with Crippen molar-refractivity contribution >= 4 is 23.5 Å². The summed E-state index contributed by atoms with van der Waals surface area (Å²) in [6.45, 7) is 2.60. The van der Waals surface area contributed by atoms with Crippen LogP contribution >= 0.6 is 11.8 Å². The molecule has 5 nitrogen and oxygen atoms in total. The van der Waals surface area contributed by atoms with E-state index in [1.807, 2.05) is 43.6 Å². The Morgan fingerprint density at radius 2 is 1.96 bits per heavy atom. The molecule has 1 amide bonds. The van der Waals surface area contributed by atoms with Crippen molar-refractivity contribution in [1.82, 2.24) is 9.78 Å². The third-order valence-electron chi connectivity index (χ3n) is 4.73. The van der Waals surface area contributed by atoms with E-state index in [9.17, 15) is 4.79 Å². The smallest absolute Gasteiger partial charge is 0.235 e. The van der Waals surface area contributed by atoms with E-state index in [2.05, 4.69) is 35.5 Å². The molecule has 0 spiro atoms. The molecule has 0 aliphatic carbocycles. The van der Waals surface area contributed by atoms with Crippen molar-refractivity contribution in [3.05, 3.63) is 77.0 Å². The molecular formula is C21H21N3O2S. The quantitative estimate of drug-likeness (QED) is 0.742. The highest BCUT2D eigenvalue weighted by Crippen LogP contribution is 2.44. The van der Waals surface area contributed by atoms with E-state index in [4.69, 9.17) is 4.74 Å². The number of para-hydroxylation sites is 1. The molecule has 1 N–H and O–H groups in total. The summed E-state index contributed by atoms with van der Waals surface area (Å²) in [5, 5.41) is 7.27. The largest absolute Gasteiger partial charge is 0.489 e. The van der Waals surface area contributed by atoms with Gasteiger partial charge in [-0.2, -0.15) is 5.10 Å². The van der Waals surface area contributed by atoms with E-state index in [1.165, 1.54) is 11.1 Å². The Morgan fingerprint density at radius 3 is 2.81 bits per heavy atom. The molecule has 1 atom stereocenters. The molecule has 4 rings (SSSR count). The van der Waals surface area contributed by atoms with Crippen molar-refractivity contribution in [2.45, 2.75) is 18.8 Å². The minimum Gasteiger partial charge on any atom is -0.489 e. The first-order valence-electron chi connectivity index (χ1n) is 8.83. The minimum atomic E-state index is -0.0132. The Bertz CT molecular complexity index is 983. The molecule has 0 unspecified atom stereocenters. The van der Waals surface area contributed by atoms with Crippen molar-refractivity contribution < 1.29 is 9.53 Å². The van der Waals surface area contributed by atoms with Gasteiger partial charge in [-0.1, -0.05) is 42.5 Å². The lowest BCUT2D eigenvalue weighted by Gasteiger charge is -2.19. The van der Waals surface area contributed by atoms with Crippen molar-refractivity contribution in [1.29, 1.82) is 0 Å². The van der Waals surface area contributed by atoms with E-state index in [0.29, 0.717) is 12.4 Å². The van der Waals surface area contributed by atoms with Gasteiger partial charge in [0.25, 0.3) is 0 Å². The van der Waals surface area contributed by atoms with Gasteiger partial charge in [0, 0.05) is 18.2 Å². The number of benzene rings is 2. The van der Waals surface area contributed by atoms with Gasteiger partial charge in [0.15, 0.2) is 0 Å². The summed E-state index contributed by atoms with van der Waals surface area (Å²) in [5.41, 5.74) is 4.44. The summed E-state index contributed by atoms with van der Waals surface area (Å²) in [6, 6.07) is 16.3. The average Bonchev–Trinajstić information content (AvgIpc) is 2.93. The summed E-state index contributed by atoms with van der Waals surface area (Å²) < 4.78 is 7.91. The van der Waals surface area contributed by atoms with Gasteiger partial charge in [-0.05, 0) is 24.1 Å². The number of nitrogens with one attached hydrogen (secondary N) is 1. The number of aromatic nitrogens is 2. The number of hydrogen-bond donors (Lipinski definition) is 1. The normalized spacial score (nSPS) is 16.4. The number of carbonyl (C=O) groups excluding carboxylic acids is 1. The van der Waals surface area contributed by atoms with E-state index in [-0.39, 0.29) is 11.2 Å². The molecule has 27 heavy (non-hydrogen) atoms. The molecular weight excluding hydrogens is 358 g/mol. The average molecular weight is 379 g/mol. The predicted octanol–water partition coefficient (Wildman–Crippen LogP) is 4.08. The molecule has 1 aliphatic rings. The number of anilines is 1. The van der Waals surface area contributed by atoms with E-state index in [0.717, 1.165) is 22.7 Å². The number of amides is 1. The fourth-order valence-corrected chi connectivity index (χ4v) is 4.35. The fourth-order valence-electron chi connectivity index (χ4n) is 3.23. The van der Waals surface area contributed by atoms with Crippen LogP contribution in [0.4, 0.5) is 5.82 Å². The zero-order valence-electron chi connectivity index (χ0n) is 15.3. The van der Waals surface area contributed by atoms with Gasteiger partial charge < -0.3 is 10.1 Å². The third kappa shape index (κ3) is 3.57. The van der Waals surface area contributed by atoms with Crippen molar-refractivity contribution in [2.24, 2.45) is 7.05 Å². The zero-order chi connectivity index (χ0) is 18.8. The van der Waals surface area contributed by atoms with Gasteiger partial charge in [0.1, 0.15) is 18.2 Å². The number of nitrogens with zero attached hydrogens (tertiary/aromatic N) is 2. The van der Waals surface area contributed by atoms with E-state index < -0.39 is 0 Å². The number of thioether (sulfide) groups is 1. The lowest BCUT2D eigenvalue weighted by atomic mass is 10.1. The second-order valence-electron chi connectivity index (χ2n) is 6.56. The van der Waals surface area contributed by atoms with Crippen LogP contribution in [0.5, 0.6) is 5.75 Å². The van der Waals surface area contributed by atoms with Gasteiger partial charge in [0.05, 0.1) is 17.2 Å². The molecule has 0 bridgehead atoms. The topological polar surface area (TPSA) is 56.1 Å². The Balaban J connectivity index is 1.67. The molecule has 138 valence electrons. The summed E-state index contributed by atoms with van der Waals surface area (Å²) in [7, 11) is 1.84. The molecule has 0 saturated heterocycles. The van der Waals surface area contributed by atoms with Gasteiger partial charge in [0.2, 0.25) is 5.91 Å². The minimum absolute atomic E-state index is 0.00865. The first-order valence-corrected chi connectivity index (χ1v) is 9.88. The highest BCUT2D eigenvalue weighted by molar-refractivity contribution is 8.00. The van der Waals surface area contributed by atoms with Crippen molar-refractivity contribution in [2.75, 3.05) is 11.1 Å². The van der Waals surface area contributed by atoms with Crippen LogP contribution in [-0.4, -0.2) is 21.4 Å². The highest BCUT2D eigenvalue weighted by Gasteiger charge is 2.28. The Kier molecular flexibility index (Phi) is 4.90. The summed E-state index contributed by atoms with van der Waals surface area (Å²) in [5.74, 6) is 1.97. The second kappa shape index (κ2) is 7.48. The molecule has 0 saturated carbocycles. The van der Waals surface area contributed by atoms with Crippen LogP contribution in [0.1, 0.15) is 27.5 Å². The van der Waals surface area contributed by atoms with E-state index in [1.54, 1.807) is 16.4 Å². The Morgan fingerprint density at radius 1 is 1.19 bits per heavy atom. The van der Waals surface area contributed by atoms with Crippen LogP contribution in [-0.2, 0) is 18.4 Å². The SMILES string of the molecule is Cc1ccccc1COc1ccccc1[C@@H]1SCC(=O)Nc2c1cnn2C. The standard InChI is InChI=1S/C21H21N3O2S/c1-14-7-3-4-8-15(14)12-26-18-10-6-5-9-16(18)20-17-11-22-24(2)21(17)23-19(25)13-27-20/h3-11,20H,12-13H2,1-2H3,(H,23,25)/t20-/m0/s1. The third-order valence-corrected chi connectivity index (χ3v) is 6.00. The lowest BCUT2D eigenvalue weighted by molar-refractivity contribution is -0.113. The Labute approximate surface area is 162 Å². The van der Waals surface area contributed by atoms with Crippen LogP contribution in [0.25, 0.3) is 0 Å². The molecule has 1 aromatic heterocycles. The first kappa shape index (κ1) is 17.7. The maximum absolute atomic E-state index is 12.1. The van der Waals surface area contributed by atoms with Crippen molar-refractivity contribution in [3.8, 4) is 5.75 Å². The van der Waals surface area contributed by atoms with Crippen LogP contribution in [0, 0.1) is 6.92 Å². The summed E-state index contributed by atoms with van der Waals surface area (Å²) >= 11 is 1.59. The second-order valence-corrected chi connectivity index (χ2v) is 7.66. The van der Waals surface area contributed by atoms with Crippen LogP contribution in [0.2, 0.25) is 0 Å². The maximum atomic E-state index is 12.1. The maximum Gasteiger partial charge on any atom is 0.235 e. The molecule has 0 fully saturated rings. The van der Waals surface area contributed by atoms with Crippen LogP contribution < -0.4 is 10.1 Å². The lowest BCUT2D eigenvalue weighted by Crippen LogP contribution is -2.15. The van der Waals surface area contributed by atoms with Gasteiger partial charge in [-0.25, -0.2) is 0 Å². The monoisotopic (exact) mass is 379 g/mol. The predicted molar refractivity (Wildman–Crippen MR) is 108 cm³/mol.